The molecule has 8 nitrogen and oxygen atoms in total. The molecule has 0 spiro atoms. The van der Waals surface area contributed by atoms with E-state index in [1.54, 1.807) is 13.8 Å². The number of rotatable bonds is 11. The van der Waals surface area contributed by atoms with Gasteiger partial charge in [-0.1, -0.05) is 25.8 Å². The minimum absolute atomic E-state index is 0.0644. The highest BCUT2D eigenvalue weighted by atomic mass is 32.2. The average Bonchev–Trinajstić information content (AvgIpc) is 3.04. The second-order valence-corrected chi connectivity index (χ2v) is 12.7. The van der Waals surface area contributed by atoms with Crippen LogP contribution in [-0.4, -0.2) is 44.4 Å². The number of carbonyl (C=O) groups excluding carboxylic acids is 1. The van der Waals surface area contributed by atoms with E-state index >= 15 is 0 Å². The summed E-state index contributed by atoms with van der Waals surface area (Å²) in [6.45, 7) is 13.1. The molecule has 0 bridgehead atoms. The summed E-state index contributed by atoms with van der Waals surface area (Å²) in [5, 5.41) is 4.38. The van der Waals surface area contributed by atoms with Crippen LogP contribution in [0.2, 0.25) is 0 Å². The van der Waals surface area contributed by atoms with Crippen LogP contribution in [0.25, 0.3) is 5.57 Å². The molecule has 0 saturated carbocycles. The minimum Gasteiger partial charge on any atom is -0.361 e. The summed E-state index contributed by atoms with van der Waals surface area (Å²) < 4.78 is 57.1. The van der Waals surface area contributed by atoms with E-state index in [1.807, 2.05) is 34.6 Å². The van der Waals surface area contributed by atoms with Gasteiger partial charge in [-0.15, -0.1) is 0 Å². The first kappa shape index (κ1) is 28.8. The summed E-state index contributed by atoms with van der Waals surface area (Å²) in [6.07, 6.45) is 2.91. The fourth-order valence-electron chi connectivity index (χ4n) is 3.85. The molecule has 10 heteroatoms. The first-order valence-corrected chi connectivity index (χ1v) is 15.1. The SMILES string of the molecule is CCCCS(=O)(=O)Oc1c(C(=O)c2ccc(S(C)(=O)=O)c(C(C)=C(C)C)c2C)c(C)nn1CCC. The lowest BCUT2D eigenvalue weighted by Crippen LogP contribution is -2.18. The molecule has 1 aromatic carbocycles. The molecular weight excluding hydrogens is 488 g/mol. The van der Waals surface area contributed by atoms with Gasteiger partial charge in [0.25, 0.3) is 0 Å². The molecule has 0 unspecified atom stereocenters. The van der Waals surface area contributed by atoms with Gasteiger partial charge in [0.15, 0.2) is 9.84 Å². The molecule has 35 heavy (non-hydrogen) atoms. The fraction of sp³-hybridized carbons (Fsp3) is 0.520. The number of nitrogens with zero attached hydrogens (tertiary/aromatic N) is 2. The maximum Gasteiger partial charge on any atom is 0.310 e. The lowest BCUT2D eigenvalue weighted by molar-refractivity contribution is 0.103. The predicted molar refractivity (Wildman–Crippen MR) is 138 cm³/mol. The number of sulfone groups is 1. The Morgan fingerprint density at radius 2 is 1.63 bits per heavy atom. The van der Waals surface area contributed by atoms with Crippen LogP contribution in [0.15, 0.2) is 22.6 Å². The number of aryl methyl sites for hydroxylation is 2. The van der Waals surface area contributed by atoms with Gasteiger partial charge in [-0.2, -0.15) is 13.5 Å². The Balaban J connectivity index is 2.79. The quantitative estimate of drug-likeness (QED) is 0.304. The molecule has 0 fully saturated rings. The molecule has 2 aromatic rings. The van der Waals surface area contributed by atoms with Gasteiger partial charge in [-0.05, 0) is 76.3 Å². The lowest BCUT2D eigenvalue weighted by Gasteiger charge is -2.17. The molecular formula is C25H36N2O6S2. The number of carbonyl (C=O) groups is 1. The Labute approximate surface area is 209 Å². The molecule has 194 valence electrons. The molecule has 0 atom stereocenters. The van der Waals surface area contributed by atoms with Crippen molar-refractivity contribution in [2.45, 2.75) is 79.2 Å². The van der Waals surface area contributed by atoms with Gasteiger partial charge in [0.1, 0.15) is 5.56 Å². The van der Waals surface area contributed by atoms with Crippen LogP contribution in [0.3, 0.4) is 0 Å². The van der Waals surface area contributed by atoms with E-state index in [4.69, 9.17) is 4.18 Å². The Morgan fingerprint density at radius 1 is 1.00 bits per heavy atom. The molecule has 1 heterocycles. The fourth-order valence-corrected chi connectivity index (χ4v) is 5.97. The number of unbranched alkanes of at least 4 members (excludes halogenated alkanes) is 1. The third-order valence-electron chi connectivity index (χ3n) is 5.89. The molecule has 2 rings (SSSR count). The highest BCUT2D eigenvalue weighted by molar-refractivity contribution is 7.90. The third-order valence-corrected chi connectivity index (χ3v) is 8.23. The van der Waals surface area contributed by atoms with Crippen molar-refractivity contribution >= 4 is 31.3 Å². The lowest BCUT2D eigenvalue weighted by atomic mass is 9.91. The Hall–Kier alpha value is -2.46. The van der Waals surface area contributed by atoms with Crippen molar-refractivity contribution < 1.29 is 25.8 Å². The number of aromatic nitrogens is 2. The Kier molecular flexibility index (Phi) is 9.10. The second kappa shape index (κ2) is 11.1. The van der Waals surface area contributed by atoms with Crippen LogP contribution in [-0.2, 0) is 26.5 Å². The Morgan fingerprint density at radius 3 is 2.14 bits per heavy atom. The standard InChI is InChI=1S/C25H36N2O6S2/c1-9-11-15-35(31,32)33-25-23(19(7)26-27(25)14-10-2)24(28)20-12-13-21(34(8,29)30)22(18(20)6)17(5)16(3)4/h12-13H,9-11,14-15H2,1-8H3. The van der Waals surface area contributed by atoms with Crippen molar-refractivity contribution in [3.63, 3.8) is 0 Å². The van der Waals surface area contributed by atoms with Gasteiger partial charge in [-0.25, -0.2) is 13.1 Å². The van der Waals surface area contributed by atoms with E-state index < -0.39 is 25.7 Å². The maximum absolute atomic E-state index is 13.8. The molecule has 1 aromatic heterocycles. The van der Waals surface area contributed by atoms with Gasteiger partial charge in [0.05, 0.1) is 16.3 Å². The zero-order chi connectivity index (χ0) is 26.7. The summed E-state index contributed by atoms with van der Waals surface area (Å²) in [4.78, 5) is 14.0. The van der Waals surface area contributed by atoms with Crippen molar-refractivity contribution in [2.24, 2.45) is 0 Å². The molecule has 0 aliphatic rings. The largest absolute Gasteiger partial charge is 0.361 e. The second-order valence-electron chi connectivity index (χ2n) is 9.02. The van der Waals surface area contributed by atoms with Gasteiger partial charge in [0, 0.05) is 18.4 Å². The summed E-state index contributed by atoms with van der Waals surface area (Å²) in [5.41, 5.74) is 3.33. The number of benzene rings is 1. The average molecular weight is 525 g/mol. The van der Waals surface area contributed by atoms with E-state index in [-0.39, 0.29) is 27.7 Å². The van der Waals surface area contributed by atoms with Gasteiger partial charge >= 0.3 is 10.1 Å². The topological polar surface area (TPSA) is 112 Å². The van der Waals surface area contributed by atoms with Crippen molar-refractivity contribution in [3.05, 3.63) is 45.7 Å². The van der Waals surface area contributed by atoms with Gasteiger partial charge < -0.3 is 4.18 Å². The predicted octanol–water partition coefficient (Wildman–Crippen LogP) is 4.87. The van der Waals surface area contributed by atoms with Crippen LogP contribution in [0.4, 0.5) is 0 Å². The van der Waals surface area contributed by atoms with Crippen molar-refractivity contribution in [3.8, 4) is 5.88 Å². The molecule has 0 amide bonds. The highest BCUT2D eigenvalue weighted by Gasteiger charge is 2.30. The molecule has 0 saturated heterocycles. The van der Waals surface area contributed by atoms with Crippen LogP contribution >= 0.6 is 0 Å². The molecule has 0 aliphatic heterocycles. The van der Waals surface area contributed by atoms with Gasteiger partial charge in [0.2, 0.25) is 11.7 Å². The highest BCUT2D eigenvalue weighted by Crippen LogP contribution is 2.34. The van der Waals surface area contributed by atoms with Crippen LogP contribution in [0, 0.1) is 13.8 Å². The van der Waals surface area contributed by atoms with Crippen LogP contribution in [0.1, 0.15) is 86.6 Å². The summed E-state index contributed by atoms with van der Waals surface area (Å²) in [7, 11) is -7.49. The minimum atomic E-state index is -3.93. The summed E-state index contributed by atoms with van der Waals surface area (Å²) >= 11 is 0. The third kappa shape index (κ3) is 6.41. The van der Waals surface area contributed by atoms with Crippen molar-refractivity contribution in [2.75, 3.05) is 12.0 Å². The first-order valence-electron chi connectivity index (χ1n) is 11.7. The number of hydrogen-bond acceptors (Lipinski definition) is 7. The molecule has 0 radical (unpaired) electrons. The van der Waals surface area contributed by atoms with Crippen LogP contribution in [0.5, 0.6) is 5.88 Å². The Bertz CT molecular complexity index is 1360. The zero-order valence-corrected chi connectivity index (χ0v) is 23.5. The van der Waals surface area contributed by atoms with Gasteiger partial charge in [-0.3, -0.25) is 4.79 Å². The maximum atomic E-state index is 13.8. The van der Waals surface area contributed by atoms with E-state index in [2.05, 4.69) is 5.10 Å². The molecule has 0 aliphatic carbocycles. The number of allylic oxidation sites excluding steroid dienone is 2. The monoisotopic (exact) mass is 524 g/mol. The van der Waals surface area contributed by atoms with E-state index in [9.17, 15) is 21.6 Å². The first-order chi connectivity index (χ1) is 16.2. The van der Waals surface area contributed by atoms with E-state index in [0.717, 1.165) is 17.4 Å². The van der Waals surface area contributed by atoms with Crippen molar-refractivity contribution in [1.82, 2.24) is 9.78 Å². The van der Waals surface area contributed by atoms with Crippen LogP contribution < -0.4 is 4.18 Å². The molecule has 0 N–H and O–H groups in total. The number of ketones is 1. The zero-order valence-electron chi connectivity index (χ0n) is 21.9. The smallest absolute Gasteiger partial charge is 0.310 e. The summed E-state index contributed by atoms with van der Waals surface area (Å²) in [6, 6.07) is 2.91. The normalized spacial score (nSPS) is 12.0. The van der Waals surface area contributed by atoms with Crippen molar-refractivity contribution in [1.29, 1.82) is 0 Å². The van der Waals surface area contributed by atoms with E-state index in [1.165, 1.54) is 16.8 Å². The number of hydrogen-bond donors (Lipinski definition) is 0. The van der Waals surface area contributed by atoms with E-state index in [0.29, 0.717) is 42.6 Å². The summed E-state index contributed by atoms with van der Waals surface area (Å²) in [5.74, 6) is -0.733.